The molecule has 3 amide bonds. The maximum Gasteiger partial charge on any atom is 0.276 e. The molecule has 0 fully saturated rings. The van der Waals surface area contributed by atoms with Gasteiger partial charge in [-0.05, 0) is 61.5 Å². The molecule has 9 heteroatoms. The normalized spacial score (nSPS) is 10.2. The summed E-state index contributed by atoms with van der Waals surface area (Å²) in [5.74, 6) is -1.06. The van der Waals surface area contributed by atoms with E-state index >= 15 is 0 Å². The number of carbonyl (C=O) groups excluding carboxylic acids is 3. The van der Waals surface area contributed by atoms with Gasteiger partial charge in [0.2, 0.25) is 0 Å². The highest BCUT2D eigenvalue weighted by atomic mass is 35.5. The second-order valence-corrected chi connectivity index (χ2v) is 7.61. The van der Waals surface area contributed by atoms with Crippen LogP contribution in [0.4, 0.5) is 5.69 Å². The standard InChI is InChI=1S/C23H19Cl2N3O4/c1-14-3-2-4-16(11-14)22(30)26-18-8-5-15(6-9-18)23(31)28-27-21(29)13-32-20-10-7-17(24)12-19(20)25/h2-12H,13H2,1H3,(H,26,30)(H,27,29)(H,28,31). The maximum absolute atomic E-state index is 12.3. The molecule has 0 unspecified atom stereocenters. The minimum absolute atomic E-state index is 0.251. The molecule has 0 saturated carbocycles. The summed E-state index contributed by atoms with van der Waals surface area (Å²) in [6.45, 7) is 1.55. The van der Waals surface area contributed by atoms with Crippen LogP contribution >= 0.6 is 23.2 Å². The molecular formula is C23H19Cl2N3O4. The molecule has 3 aromatic rings. The van der Waals surface area contributed by atoms with Gasteiger partial charge in [-0.1, -0.05) is 40.9 Å². The topological polar surface area (TPSA) is 96.5 Å². The van der Waals surface area contributed by atoms with Crippen molar-refractivity contribution in [2.24, 2.45) is 0 Å². The monoisotopic (exact) mass is 471 g/mol. The summed E-state index contributed by atoms with van der Waals surface area (Å²) in [7, 11) is 0. The van der Waals surface area contributed by atoms with Gasteiger partial charge in [-0.15, -0.1) is 0 Å². The van der Waals surface area contributed by atoms with Crippen molar-refractivity contribution in [1.82, 2.24) is 10.9 Å². The van der Waals surface area contributed by atoms with Crippen molar-refractivity contribution < 1.29 is 19.1 Å². The Kier molecular flexibility index (Phi) is 7.70. The summed E-state index contributed by atoms with van der Waals surface area (Å²) < 4.78 is 5.29. The molecule has 0 spiro atoms. The zero-order chi connectivity index (χ0) is 23.1. The van der Waals surface area contributed by atoms with E-state index in [-0.39, 0.29) is 17.5 Å². The van der Waals surface area contributed by atoms with Crippen LogP contribution in [0.5, 0.6) is 5.75 Å². The van der Waals surface area contributed by atoms with Crippen LogP contribution in [-0.2, 0) is 4.79 Å². The Morgan fingerprint density at radius 2 is 1.59 bits per heavy atom. The molecule has 0 aromatic heterocycles. The number of carbonyl (C=O) groups is 3. The SMILES string of the molecule is Cc1cccc(C(=O)Nc2ccc(C(=O)NNC(=O)COc3ccc(Cl)cc3Cl)cc2)c1. The van der Waals surface area contributed by atoms with E-state index in [1.807, 2.05) is 13.0 Å². The lowest BCUT2D eigenvalue weighted by Crippen LogP contribution is -2.43. The first-order chi connectivity index (χ1) is 15.3. The number of aryl methyl sites for hydroxylation is 1. The Morgan fingerprint density at radius 3 is 2.28 bits per heavy atom. The molecule has 0 radical (unpaired) electrons. The summed E-state index contributed by atoms with van der Waals surface area (Å²) in [4.78, 5) is 36.4. The molecule has 32 heavy (non-hydrogen) atoms. The van der Waals surface area contributed by atoms with Crippen LogP contribution in [-0.4, -0.2) is 24.3 Å². The van der Waals surface area contributed by atoms with Crippen molar-refractivity contribution in [2.45, 2.75) is 6.92 Å². The zero-order valence-corrected chi connectivity index (χ0v) is 18.5. The van der Waals surface area contributed by atoms with Gasteiger partial charge in [0.25, 0.3) is 17.7 Å². The van der Waals surface area contributed by atoms with Crippen LogP contribution in [0.1, 0.15) is 26.3 Å². The number of hydrogen-bond donors (Lipinski definition) is 3. The number of rotatable bonds is 6. The first-order valence-electron chi connectivity index (χ1n) is 9.47. The summed E-state index contributed by atoms with van der Waals surface area (Å²) in [6, 6.07) is 18.1. The highest BCUT2D eigenvalue weighted by molar-refractivity contribution is 6.35. The third-order valence-corrected chi connectivity index (χ3v) is 4.78. The lowest BCUT2D eigenvalue weighted by molar-refractivity contribution is -0.123. The second-order valence-electron chi connectivity index (χ2n) is 6.77. The summed E-state index contributed by atoms with van der Waals surface area (Å²) in [6.07, 6.45) is 0. The molecule has 0 aliphatic heterocycles. The Bertz CT molecular complexity index is 1150. The van der Waals surface area contributed by atoms with Gasteiger partial charge in [0.05, 0.1) is 5.02 Å². The molecule has 0 saturated heterocycles. The fourth-order valence-corrected chi connectivity index (χ4v) is 3.13. The zero-order valence-electron chi connectivity index (χ0n) is 16.9. The maximum atomic E-state index is 12.3. The van der Waals surface area contributed by atoms with Crippen molar-refractivity contribution in [3.05, 3.63) is 93.5 Å². The molecule has 0 aliphatic carbocycles. The van der Waals surface area contributed by atoms with Crippen molar-refractivity contribution >= 4 is 46.6 Å². The van der Waals surface area contributed by atoms with E-state index in [0.29, 0.717) is 27.6 Å². The van der Waals surface area contributed by atoms with Crippen molar-refractivity contribution in [2.75, 3.05) is 11.9 Å². The molecule has 3 N–H and O–H groups in total. The lowest BCUT2D eigenvalue weighted by atomic mass is 10.1. The average molecular weight is 472 g/mol. The third-order valence-electron chi connectivity index (χ3n) is 4.25. The molecular weight excluding hydrogens is 453 g/mol. The molecule has 0 heterocycles. The van der Waals surface area contributed by atoms with Crippen LogP contribution in [0.3, 0.4) is 0 Å². The van der Waals surface area contributed by atoms with Crippen LogP contribution < -0.4 is 20.9 Å². The van der Waals surface area contributed by atoms with Crippen LogP contribution in [0.2, 0.25) is 10.0 Å². The van der Waals surface area contributed by atoms with Crippen LogP contribution in [0.25, 0.3) is 0 Å². The van der Waals surface area contributed by atoms with E-state index in [4.69, 9.17) is 27.9 Å². The van der Waals surface area contributed by atoms with Gasteiger partial charge >= 0.3 is 0 Å². The van der Waals surface area contributed by atoms with E-state index in [1.165, 1.54) is 24.3 Å². The van der Waals surface area contributed by atoms with Gasteiger partial charge in [0, 0.05) is 21.8 Å². The van der Waals surface area contributed by atoms with E-state index < -0.39 is 11.8 Å². The molecule has 3 rings (SSSR count). The van der Waals surface area contributed by atoms with Crippen molar-refractivity contribution in [3.63, 3.8) is 0 Å². The third kappa shape index (κ3) is 6.47. The van der Waals surface area contributed by atoms with E-state index in [0.717, 1.165) is 5.56 Å². The number of ether oxygens (including phenoxy) is 1. The molecule has 7 nitrogen and oxygen atoms in total. The van der Waals surface area contributed by atoms with Gasteiger partial charge in [-0.25, -0.2) is 0 Å². The summed E-state index contributed by atoms with van der Waals surface area (Å²) in [5.41, 5.74) is 6.89. The second kappa shape index (κ2) is 10.7. The predicted octanol–water partition coefficient (Wildman–Crippen LogP) is 4.39. The fraction of sp³-hybridized carbons (Fsp3) is 0.0870. The van der Waals surface area contributed by atoms with Gasteiger partial charge in [0.15, 0.2) is 6.61 Å². The molecule has 0 aliphatic rings. The molecule has 3 aromatic carbocycles. The largest absolute Gasteiger partial charge is 0.482 e. The highest BCUT2D eigenvalue weighted by Gasteiger charge is 2.11. The average Bonchev–Trinajstić information content (AvgIpc) is 2.77. The Labute approximate surface area is 194 Å². The van der Waals surface area contributed by atoms with Gasteiger partial charge in [0.1, 0.15) is 5.75 Å². The number of benzene rings is 3. The minimum Gasteiger partial charge on any atom is -0.482 e. The smallest absolute Gasteiger partial charge is 0.276 e. The van der Waals surface area contributed by atoms with Crippen molar-refractivity contribution in [3.8, 4) is 5.75 Å². The highest BCUT2D eigenvalue weighted by Crippen LogP contribution is 2.27. The Balaban J connectivity index is 1.47. The Hall–Kier alpha value is -3.55. The van der Waals surface area contributed by atoms with E-state index in [1.54, 1.807) is 36.4 Å². The molecule has 0 atom stereocenters. The van der Waals surface area contributed by atoms with Gasteiger partial charge in [-0.2, -0.15) is 0 Å². The van der Waals surface area contributed by atoms with E-state index in [9.17, 15) is 14.4 Å². The summed E-state index contributed by atoms with van der Waals surface area (Å²) >= 11 is 11.8. The molecule has 164 valence electrons. The van der Waals surface area contributed by atoms with Crippen molar-refractivity contribution in [1.29, 1.82) is 0 Å². The lowest BCUT2D eigenvalue weighted by Gasteiger charge is -2.10. The first kappa shape index (κ1) is 23.1. The number of nitrogens with one attached hydrogen (secondary N) is 3. The number of hydrogen-bond acceptors (Lipinski definition) is 4. The first-order valence-corrected chi connectivity index (χ1v) is 10.2. The summed E-state index contributed by atoms with van der Waals surface area (Å²) in [5, 5.41) is 3.48. The van der Waals surface area contributed by atoms with E-state index in [2.05, 4.69) is 16.2 Å². The Morgan fingerprint density at radius 1 is 0.844 bits per heavy atom. The predicted molar refractivity (Wildman–Crippen MR) is 123 cm³/mol. The van der Waals surface area contributed by atoms with Gasteiger partial charge in [-0.3, -0.25) is 25.2 Å². The van der Waals surface area contributed by atoms with Crippen LogP contribution in [0.15, 0.2) is 66.7 Å². The van der Waals surface area contributed by atoms with Crippen LogP contribution in [0, 0.1) is 6.92 Å². The number of anilines is 1. The fourth-order valence-electron chi connectivity index (χ4n) is 2.66. The number of halogens is 2. The van der Waals surface area contributed by atoms with Gasteiger partial charge < -0.3 is 10.1 Å². The number of amides is 3. The minimum atomic E-state index is -0.577. The number of hydrazine groups is 1. The quantitative estimate of drug-likeness (QED) is 0.464. The molecule has 0 bridgehead atoms.